The Labute approximate surface area is 191 Å². The van der Waals surface area contributed by atoms with Crippen molar-refractivity contribution in [2.45, 2.75) is 0 Å². The Morgan fingerprint density at radius 1 is 0.970 bits per heavy atom. The molecular formula is C26H26N4O3. The number of aromatic amines is 1. The fourth-order valence-corrected chi connectivity index (χ4v) is 4.63. The van der Waals surface area contributed by atoms with Crippen LogP contribution in [0.15, 0.2) is 54.6 Å². The van der Waals surface area contributed by atoms with Crippen molar-refractivity contribution < 1.29 is 14.3 Å². The number of piperazine rings is 1. The van der Waals surface area contributed by atoms with Gasteiger partial charge >= 0.3 is 0 Å². The Morgan fingerprint density at radius 3 is 2.45 bits per heavy atom. The van der Waals surface area contributed by atoms with E-state index in [4.69, 9.17) is 10.5 Å². The van der Waals surface area contributed by atoms with Gasteiger partial charge in [0.05, 0.1) is 18.2 Å². The fourth-order valence-electron chi connectivity index (χ4n) is 4.63. The lowest BCUT2D eigenvalue weighted by atomic mass is 9.96. The quantitative estimate of drug-likeness (QED) is 0.506. The third kappa shape index (κ3) is 3.60. The Kier molecular flexibility index (Phi) is 5.26. The van der Waals surface area contributed by atoms with E-state index in [2.05, 4.69) is 16.9 Å². The lowest BCUT2D eigenvalue weighted by molar-refractivity contribution is 0.0664. The van der Waals surface area contributed by atoms with E-state index in [1.165, 1.54) is 0 Å². The van der Waals surface area contributed by atoms with Crippen LogP contribution in [0.3, 0.4) is 0 Å². The summed E-state index contributed by atoms with van der Waals surface area (Å²) in [5.41, 5.74) is 10.0. The number of methoxy groups -OCH3 is 1. The van der Waals surface area contributed by atoms with Crippen LogP contribution in [0, 0.1) is 0 Å². The second-order valence-corrected chi connectivity index (χ2v) is 8.46. The molecule has 3 aromatic carbocycles. The van der Waals surface area contributed by atoms with Gasteiger partial charge in [-0.3, -0.25) is 9.59 Å². The predicted octanol–water partition coefficient (Wildman–Crippen LogP) is 3.48. The molecule has 2 amide bonds. The average molecular weight is 443 g/mol. The van der Waals surface area contributed by atoms with Gasteiger partial charge in [-0.2, -0.15) is 0 Å². The second kappa shape index (κ2) is 8.26. The molecule has 1 fully saturated rings. The molecule has 5 rings (SSSR count). The topological polar surface area (TPSA) is 91.7 Å². The Balaban J connectivity index is 1.68. The number of carbonyl (C=O) groups excluding carboxylic acids is 2. The number of likely N-dealkylation sites (N-methyl/N-ethyl adjacent to an activating group) is 1. The third-order valence-corrected chi connectivity index (χ3v) is 6.45. The highest BCUT2D eigenvalue weighted by Crippen LogP contribution is 2.40. The summed E-state index contributed by atoms with van der Waals surface area (Å²) in [4.78, 5) is 32.8. The number of hydrogen-bond acceptors (Lipinski definition) is 4. The zero-order valence-corrected chi connectivity index (χ0v) is 18.7. The minimum Gasteiger partial charge on any atom is -0.496 e. The first kappa shape index (κ1) is 21.0. The summed E-state index contributed by atoms with van der Waals surface area (Å²) in [5.74, 6) is 0.248. The summed E-state index contributed by atoms with van der Waals surface area (Å²) < 4.78 is 5.58. The van der Waals surface area contributed by atoms with E-state index in [0.717, 1.165) is 46.3 Å². The maximum Gasteiger partial charge on any atom is 0.254 e. The van der Waals surface area contributed by atoms with E-state index >= 15 is 0 Å². The fraction of sp³-hybridized carbons (Fsp3) is 0.231. The van der Waals surface area contributed by atoms with Gasteiger partial charge in [0, 0.05) is 53.6 Å². The second-order valence-electron chi connectivity index (χ2n) is 8.46. The molecule has 0 unspecified atom stereocenters. The Morgan fingerprint density at radius 2 is 1.73 bits per heavy atom. The van der Waals surface area contributed by atoms with Crippen molar-refractivity contribution in [3.05, 3.63) is 65.7 Å². The number of hydrogen-bond donors (Lipinski definition) is 2. The average Bonchev–Trinajstić information content (AvgIpc) is 3.22. The minimum atomic E-state index is -0.508. The summed E-state index contributed by atoms with van der Waals surface area (Å²) in [6.45, 7) is 3.16. The molecule has 1 saturated heterocycles. The highest BCUT2D eigenvalue weighted by molar-refractivity contribution is 6.20. The summed E-state index contributed by atoms with van der Waals surface area (Å²) in [5, 5.41) is 1.80. The van der Waals surface area contributed by atoms with Crippen LogP contribution in [-0.4, -0.2) is 66.9 Å². The molecule has 7 heteroatoms. The normalized spacial score (nSPS) is 14.7. The molecule has 0 aliphatic carbocycles. The van der Waals surface area contributed by atoms with Crippen LogP contribution in [0.2, 0.25) is 0 Å². The van der Waals surface area contributed by atoms with Gasteiger partial charge in [0.25, 0.3) is 11.8 Å². The number of nitrogens with zero attached hydrogens (tertiary/aromatic N) is 2. The highest BCUT2D eigenvalue weighted by Gasteiger charge is 2.22. The molecule has 3 N–H and O–H groups in total. The van der Waals surface area contributed by atoms with Crippen molar-refractivity contribution in [2.75, 3.05) is 40.3 Å². The lowest BCUT2D eigenvalue weighted by Crippen LogP contribution is -2.47. The van der Waals surface area contributed by atoms with Gasteiger partial charge in [-0.15, -0.1) is 0 Å². The Bertz CT molecular complexity index is 1380. The predicted molar refractivity (Wildman–Crippen MR) is 130 cm³/mol. The van der Waals surface area contributed by atoms with Crippen LogP contribution < -0.4 is 10.5 Å². The number of primary amides is 1. The molecule has 33 heavy (non-hydrogen) atoms. The third-order valence-electron chi connectivity index (χ3n) is 6.45. The molecule has 0 radical (unpaired) electrons. The summed E-state index contributed by atoms with van der Waals surface area (Å²) in [6.07, 6.45) is 0. The zero-order chi connectivity index (χ0) is 23.1. The minimum absolute atomic E-state index is 0.0173. The first-order valence-corrected chi connectivity index (χ1v) is 11.0. The van der Waals surface area contributed by atoms with Crippen molar-refractivity contribution in [3.63, 3.8) is 0 Å². The van der Waals surface area contributed by atoms with Gasteiger partial charge in [-0.25, -0.2) is 0 Å². The van der Waals surface area contributed by atoms with Crippen molar-refractivity contribution in [2.24, 2.45) is 5.73 Å². The van der Waals surface area contributed by atoms with E-state index in [9.17, 15) is 9.59 Å². The van der Waals surface area contributed by atoms with Crippen LogP contribution >= 0.6 is 0 Å². The van der Waals surface area contributed by atoms with Crippen LogP contribution in [0.4, 0.5) is 0 Å². The number of ether oxygens (including phenoxy) is 1. The molecule has 0 saturated carbocycles. The SMILES string of the molecule is COc1ccccc1-c1ccc(C(N)=O)c2[nH]c3cc(C(=O)N4CCN(C)CC4)ccc3c12. The summed E-state index contributed by atoms with van der Waals surface area (Å²) in [6, 6.07) is 17.1. The van der Waals surface area contributed by atoms with E-state index in [-0.39, 0.29) is 5.91 Å². The van der Waals surface area contributed by atoms with E-state index < -0.39 is 5.91 Å². The van der Waals surface area contributed by atoms with Gasteiger partial charge in [0.2, 0.25) is 0 Å². The van der Waals surface area contributed by atoms with Gasteiger partial charge in [-0.1, -0.05) is 30.3 Å². The molecule has 0 bridgehead atoms. The molecule has 1 aliphatic rings. The van der Waals surface area contributed by atoms with Crippen LogP contribution in [-0.2, 0) is 0 Å². The molecule has 4 aromatic rings. The van der Waals surface area contributed by atoms with E-state index in [1.807, 2.05) is 53.4 Å². The van der Waals surface area contributed by atoms with Crippen molar-refractivity contribution in [1.29, 1.82) is 0 Å². The molecule has 1 aromatic heterocycles. The summed E-state index contributed by atoms with van der Waals surface area (Å²) >= 11 is 0. The van der Waals surface area contributed by atoms with Crippen LogP contribution in [0.5, 0.6) is 5.75 Å². The van der Waals surface area contributed by atoms with Gasteiger partial charge < -0.3 is 25.3 Å². The number of carbonyl (C=O) groups is 2. The molecule has 1 aliphatic heterocycles. The number of para-hydroxylation sites is 1. The molecule has 7 nitrogen and oxygen atoms in total. The molecule has 168 valence electrons. The van der Waals surface area contributed by atoms with Gasteiger partial charge in [-0.05, 0) is 36.9 Å². The number of nitrogens with one attached hydrogen (secondary N) is 1. The number of nitrogens with two attached hydrogens (primary N) is 1. The van der Waals surface area contributed by atoms with Crippen molar-refractivity contribution in [1.82, 2.24) is 14.8 Å². The largest absolute Gasteiger partial charge is 0.496 e. The van der Waals surface area contributed by atoms with Crippen LogP contribution in [0.1, 0.15) is 20.7 Å². The highest BCUT2D eigenvalue weighted by atomic mass is 16.5. The Hall–Kier alpha value is -3.84. The smallest absolute Gasteiger partial charge is 0.254 e. The van der Waals surface area contributed by atoms with Crippen molar-refractivity contribution >= 4 is 33.6 Å². The first-order chi connectivity index (χ1) is 16.0. The van der Waals surface area contributed by atoms with Crippen LogP contribution in [0.25, 0.3) is 32.9 Å². The van der Waals surface area contributed by atoms with E-state index in [1.54, 1.807) is 13.2 Å². The van der Waals surface area contributed by atoms with Gasteiger partial charge in [0.1, 0.15) is 5.75 Å². The monoisotopic (exact) mass is 442 g/mol. The number of fused-ring (bicyclic) bond motifs is 3. The molecular weight excluding hydrogens is 416 g/mol. The molecule has 0 atom stereocenters. The molecule has 2 heterocycles. The van der Waals surface area contributed by atoms with Crippen molar-refractivity contribution in [3.8, 4) is 16.9 Å². The number of H-pyrrole nitrogens is 1. The molecule has 0 spiro atoms. The standard InChI is InChI=1S/C26H26N4O3/c1-29-11-13-30(14-12-29)26(32)16-7-8-19-21(15-16)28-24-20(25(27)31)10-9-18(23(19)24)17-5-3-4-6-22(17)33-2/h3-10,15,28H,11-14H2,1-2H3,(H2,27,31). The number of aromatic nitrogens is 1. The number of amides is 2. The zero-order valence-electron chi connectivity index (χ0n) is 18.7. The first-order valence-electron chi connectivity index (χ1n) is 11.0. The van der Waals surface area contributed by atoms with Gasteiger partial charge in [0.15, 0.2) is 0 Å². The lowest BCUT2D eigenvalue weighted by Gasteiger charge is -2.32. The number of benzene rings is 3. The summed E-state index contributed by atoms with van der Waals surface area (Å²) in [7, 11) is 3.70. The van der Waals surface area contributed by atoms with E-state index in [0.29, 0.717) is 29.7 Å². The maximum absolute atomic E-state index is 13.1. The maximum atomic E-state index is 13.1. The number of rotatable bonds is 4.